The third kappa shape index (κ3) is 3.54. The fourth-order valence-electron chi connectivity index (χ4n) is 3.06. The highest BCUT2D eigenvalue weighted by Gasteiger charge is 2.40. The quantitative estimate of drug-likeness (QED) is 0.704. The maximum absolute atomic E-state index is 6.08. The van der Waals surface area contributed by atoms with Crippen LogP contribution in [0.25, 0.3) is 11.1 Å². The lowest BCUT2D eigenvalue weighted by Crippen LogP contribution is -2.06. The minimum Gasteiger partial charge on any atom is -0.477 e. The standard InChI is InChI=1S/C20H21N5O/c1-12-4-5-19(22-8-12)17-7-16(17)11-26-20-18(10-21-14(3)24-20)15-6-13(2)25-23-9-15/h4-6,8-10,16-17H,7,11H2,1-3H3/t16?,17-/m1/s1. The van der Waals surface area contributed by atoms with Crippen LogP contribution in [0.2, 0.25) is 0 Å². The van der Waals surface area contributed by atoms with E-state index in [9.17, 15) is 0 Å². The Balaban J connectivity index is 1.49. The molecular weight excluding hydrogens is 326 g/mol. The third-order valence-corrected chi connectivity index (χ3v) is 4.63. The second-order valence-electron chi connectivity index (χ2n) is 6.90. The van der Waals surface area contributed by atoms with Gasteiger partial charge in [0, 0.05) is 35.5 Å². The molecule has 132 valence electrons. The summed E-state index contributed by atoms with van der Waals surface area (Å²) in [7, 11) is 0. The maximum Gasteiger partial charge on any atom is 0.224 e. The Morgan fingerprint density at radius 1 is 1.08 bits per heavy atom. The van der Waals surface area contributed by atoms with E-state index in [0.29, 0.717) is 30.1 Å². The zero-order valence-electron chi connectivity index (χ0n) is 15.2. The summed E-state index contributed by atoms with van der Waals surface area (Å²) in [6.45, 7) is 6.46. The van der Waals surface area contributed by atoms with Gasteiger partial charge >= 0.3 is 0 Å². The van der Waals surface area contributed by atoms with Crippen molar-refractivity contribution in [3.63, 3.8) is 0 Å². The van der Waals surface area contributed by atoms with Crippen LogP contribution in [0.1, 0.15) is 35.1 Å². The smallest absolute Gasteiger partial charge is 0.224 e. The van der Waals surface area contributed by atoms with Gasteiger partial charge in [-0.15, -0.1) is 0 Å². The van der Waals surface area contributed by atoms with Crippen molar-refractivity contribution in [2.45, 2.75) is 33.1 Å². The summed E-state index contributed by atoms with van der Waals surface area (Å²) in [6, 6.07) is 6.19. The minimum atomic E-state index is 0.477. The van der Waals surface area contributed by atoms with E-state index < -0.39 is 0 Å². The van der Waals surface area contributed by atoms with Crippen LogP contribution in [0.3, 0.4) is 0 Å². The average Bonchev–Trinajstić information content (AvgIpc) is 3.40. The molecule has 2 atom stereocenters. The molecule has 4 rings (SSSR count). The van der Waals surface area contributed by atoms with Crippen molar-refractivity contribution in [2.75, 3.05) is 6.61 Å². The van der Waals surface area contributed by atoms with Gasteiger partial charge in [0.2, 0.25) is 5.88 Å². The monoisotopic (exact) mass is 347 g/mol. The second kappa shape index (κ2) is 6.78. The lowest BCUT2D eigenvalue weighted by molar-refractivity contribution is 0.285. The van der Waals surface area contributed by atoms with Crippen molar-refractivity contribution in [2.24, 2.45) is 5.92 Å². The fourth-order valence-corrected chi connectivity index (χ4v) is 3.06. The number of hydrogen-bond donors (Lipinski definition) is 0. The molecule has 1 aliphatic rings. The number of rotatable bonds is 5. The molecule has 0 saturated heterocycles. The first-order valence-corrected chi connectivity index (χ1v) is 8.79. The van der Waals surface area contributed by atoms with Crippen LogP contribution in [0.4, 0.5) is 0 Å². The summed E-state index contributed by atoms with van der Waals surface area (Å²) in [5, 5.41) is 8.03. The van der Waals surface area contributed by atoms with Gasteiger partial charge < -0.3 is 4.74 Å². The number of nitrogens with zero attached hydrogens (tertiary/aromatic N) is 5. The van der Waals surface area contributed by atoms with Crippen LogP contribution >= 0.6 is 0 Å². The Hall–Kier alpha value is -2.89. The molecule has 1 aliphatic carbocycles. The molecule has 0 aliphatic heterocycles. The Morgan fingerprint density at radius 3 is 2.73 bits per heavy atom. The van der Waals surface area contributed by atoms with E-state index in [2.05, 4.69) is 44.2 Å². The highest BCUT2D eigenvalue weighted by Crippen LogP contribution is 2.47. The highest BCUT2D eigenvalue weighted by molar-refractivity contribution is 5.66. The summed E-state index contributed by atoms with van der Waals surface area (Å²) in [4.78, 5) is 13.3. The summed E-state index contributed by atoms with van der Waals surface area (Å²) >= 11 is 0. The zero-order valence-corrected chi connectivity index (χ0v) is 15.2. The Bertz CT molecular complexity index is 926. The highest BCUT2D eigenvalue weighted by atomic mass is 16.5. The van der Waals surface area contributed by atoms with Crippen molar-refractivity contribution in [3.05, 3.63) is 59.6 Å². The van der Waals surface area contributed by atoms with Gasteiger partial charge in [0.15, 0.2) is 0 Å². The van der Waals surface area contributed by atoms with Crippen molar-refractivity contribution in [1.29, 1.82) is 0 Å². The van der Waals surface area contributed by atoms with Crippen LogP contribution in [0.15, 0.2) is 36.8 Å². The van der Waals surface area contributed by atoms with Crippen molar-refractivity contribution in [1.82, 2.24) is 25.1 Å². The molecule has 0 N–H and O–H groups in total. The van der Waals surface area contributed by atoms with E-state index in [1.54, 1.807) is 12.4 Å². The second-order valence-corrected chi connectivity index (χ2v) is 6.90. The van der Waals surface area contributed by atoms with E-state index in [1.165, 1.54) is 5.56 Å². The number of ether oxygens (including phenoxy) is 1. The number of aryl methyl sites for hydroxylation is 3. The Morgan fingerprint density at radius 2 is 1.96 bits per heavy atom. The molecule has 1 unspecified atom stereocenters. The summed E-state index contributed by atoms with van der Waals surface area (Å²) < 4.78 is 6.08. The van der Waals surface area contributed by atoms with Gasteiger partial charge in [-0.05, 0) is 44.9 Å². The lowest BCUT2D eigenvalue weighted by atomic mass is 10.1. The first-order valence-electron chi connectivity index (χ1n) is 8.79. The molecule has 0 amide bonds. The van der Waals surface area contributed by atoms with Crippen LogP contribution in [-0.4, -0.2) is 31.8 Å². The van der Waals surface area contributed by atoms with E-state index in [4.69, 9.17) is 4.74 Å². The largest absolute Gasteiger partial charge is 0.477 e. The molecule has 0 bridgehead atoms. The molecule has 0 spiro atoms. The molecule has 6 nitrogen and oxygen atoms in total. The van der Waals surface area contributed by atoms with Crippen molar-refractivity contribution in [3.8, 4) is 17.0 Å². The normalized spacial score (nSPS) is 18.6. The fraction of sp³-hybridized carbons (Fsp3) is 0.350. The van der Waals surface area contributed by atoms with E-state index in [-0.39, 0.29) is 0 Å². The number of aromatic nitrogens is 5. The molecule has 0 aromatic carbocycles. The molecule has 26 heavy (non-hydrogen) atoms. The molecule has 3 heterocycles. The van der Waals surface area contributed by atoms with E-state index in [1.807, 2.05) is 26.1 Å². The number of pyridine rings is 1. The van der Waals surface area contributed by atoms with Gasteiger partial charge in [0.05, 0.1) is 24.1 Å². The molecule has 0 radical (unpaired) electrons. The third-order valence-electron chi connectivity index (χ3n) is 4.63. The van der Waals surface area contributed by atoms with Crippen molar-refractivity contribution < 1.29 is 4.74 Å². The van der Waals surface area contributed by atoms with Crippen LogP contribution in [0, 0.1) is 26.7 Å². The summed E-state index contributed by atoms with van der Waals surface area (Å²) in [5.41, 5.74) is 4.95. The Kier molecular flexibility index (Phi) is 4.32. The van der Waals surface area contributed by atoms with Gasteiger partial charge in [0.25, 0.3) is 0 Å². The van der Waals surface area contributed by atoms with E-state index in [0.717, 1.165) is 28.9 Å². The average molecular weight is 347 g/mol. The van der Waals surface area contributed by atoms with Crippen molar-refractivity contribution >= 4 is 0 Å². The molecule has 1 fully saturated rings. The van der Waals surface area contributed by atoms with Gasteiger partial charge in [-0.2, -0.15) is 15.2 Å². The first kappa shape index (κ1) is 16.6. The van der Waals surface area contributed by atoms with Gasteiger partial charge in [-0.1, -0.05) is 6.07 Å². The van der Waals surface area contributed by atoms with Crippen LogP contribution in [0.5, 0.6) is 5.88 Å². The maximum atomic E-state index is 6.08. The van der Waals surface area contributed by atoms with Gasteiger partial charge in [-0.25, -0.2) is 4.98 Å². The van der Waals surface area contributed by atoms with Crippen LogP contribution < -0.4 is 4.74 Å². The minimum absolute atomic E-state index is 0.477. The predicted molar refractivity (Wildman–Crippen MR) is 97.8 cm³/mol. The number of hydrogen-bond acceptors (Lipinski definition) is 6. The Labute approximate surface area is 152 Å². The molecule has 3 aromatic heterocycles. The lowest BCUT2D eigenvalue weighted by Gasteiger charge is -2.11. The summed E-state index contributed by atoms with van der Waals surface area (Å²) in [5.74, 6) is 2.25. The SMILES string of the molecule is Cc1ccc([C@@H]2CC2COc2nc(C)ncc2-c2cnnc(C)c2)nc1. The zero-order chi connectivity index (χ0) is 18.1. The van der Waals surface area contributed by atoms with Gasteiger partial charge in [-0.3, -0.25) is 4.98 Å². The predicted octanol–water partition coefficient (Wildman–Crippen LogP) is 3.44. The summed E-state index contributed by atoms with van der Waals surface area (Å²) in [6.07, 6.45) is 6.53. The molecule has 1 saturated carbocycles. The molecular formula is C20H21N5O. The topological polar surface area (TPSA) is 73.7 Å². The molecule has 3 aromatic rings. The van der Waals surface area contributed by atoms with Crippen LogP contribution in [-0.2, 0) is 0 Å². The first-order chi connectivity index (χ1) is 12.6. The van der Waals surface area contributed by atoms with E-state index >= 15 is 0 Å². The molecule has 6 heteroatoms. The van der Waals surface area contributed by atoms with Gasteiger partial charge in [0.1, 0.15) is 5.82 Å².